The van der Waals surface area contributed by atoms with Gasteiger partial charge in [-0.1, -0.05) is 29.8 Å². The summed E-state index contributed by atoms with van der Waals surface area (Å²) in [6.45, 7) is 0.564. The first-order chi connectivity index (χ1) is 11.6. The van der Waals surface area contributed by atoms with Gasteiger partial charge in [-0.25, -0.2) is 0 Å². The number of hydrogen-bond donors (Lipinski definition) is 1. The molecular weight excluding hydrogens is 324 g/mol. The van der Waals surface area contributed by atoms with Crippen molar-refractivity contribution in [2.24, 2.45) is 7.05 Å². The number of hydrogen-bond acceptors (Lipinski definition) is 2. The zero-order chi connectivity index (χ0) is 17.1. The first kappa shape index (κ1) is 16.4. The van der Waals surface area contributed by atoms with E-state index in [1.807, 2.05) is 60.1 Å². The number of halogens is 1. The van der Waals surface area contributed by atoms with Gasteiger partial charge in [0, 0.05) is 29.5 Å². The number of ether oxygens (including phenoxy) is 1. The maximum atomic E-state index is 12.4. The highest BCUT2D eigenvalue weighted by Gasteiger charge is 2.13. The molecule has 1 amide bonds. The first-order valence-electron chi connectivity index (χ1n) is 7.74. The van der Waals surface area contributed by atoms with E-state index < -0.39 is 0 Å². The molecule has 3 aromatic rings. The lowest BCUT2D eigenvalue weighted by molar-refractivity contribution is 0.0946. The van der Waals surface area contributed by atoms with Crippen molar-refractivity contribution < 1.29 is 9.53 Å². The standard InChI is InChI=1S/C19H19ClN2O2/c1-22-17-12-15(20)7-6-14(17)11-18(22)19(23)21-9-8-13-4-3-5-16(10-13)24-2/h3-7,10-12H,8-9H2,1-2H3,(H,21,23). The van der Waals surface area contributed by atoms with E-state index in [1.165, 1.54) is 0 Å². The average Bonchev–Trinajstić information content (AvgIpc) is 2.91. The van der Waals surface area contributed by atoms with Gasteiger partial charge in [0.15, 0.2) is 0 Å². The molecular formula is C19H19ClN2O2. The van der Waals surface area contributed by atoms with Crippen LogP contribution in [0.2, 0.25) is 5.02 Å². The summed E-state index contributed by atoms with van der Waals surface area (Å²) >= 11 is 6.03. The molecule has 0 aliphatic carbocycles. The van der Waals surface area contributed by atoms with Gasteiger partial charge in [0.1, 0.15) is 11.4 Å². The van der Waals surface area contributed by atoms with Crippen LogP contribution < -0.4 is 10.1 Å². The lowest BCUT2D eigenvalue weighted by Crippen LogP contribution is -2.27. The Morgan fingerprint density at radius 2 is 2.04 bits per heavy atom. The van der Waals surface area contributed by atoms with E-state index in [4.69, 9.17) is 16.3 Å². The molecule has 0 aliphatic rings. The summed E-state index contributed by atoms with van der Waals surface area (Å²) < 4.78 is 7.07. The highest BCUT2D eigenvalue weighted by molar-refractivity contribution is 6.31. The van der Waals surface area contributed by atoms with Crippen molar-refractivity contribution in [3.05, 3.63) is 64.8 Å². The van der Waals surface area contributed by atoms with E-state index in [2.05, 4.69) is 5.32 Å². The number of carbonyl (C=O) groups is 1. The third kappa shape index (κ3) is 3.39. The second-order valence-electron chi connectivity index (χ2n) is 5.65. The molecule has 5 heteroatoms. The molecule has 24 heavy (non-hydrogen) atoms. The number of nitrogens with zero attached hydrogens (tertiary/aromatic N) is 1. The summed E-state index contributed by atoms with van der Waals surface area (Å²) in [5.74, 6) is 0.733. The van der Waals surface area contributed by atoms with Gasteiger partial charge >= 0.3 is 0 Å². The van der Waals surface area contributed by atoms with Gasteiger partial charge in [0.05, 0.1) is 7.11 Å². The van der Waals surface area contributed by atoms with E-state index in [0.29, 0.717) is 17.3 Å². The molecule has 0 atom stereocenters. The number of nitrogens with one attached hydrogen (secondary N) is 1. The fraction of sp³-hybridized carbons (Fsp3) is 0.211. The number of rotatable bonds is 5. The van der Waals surface area contributed by atoms with Gasteiger partial charge in [-0.3, -0.25) is 4.79 Å². The Hall–Kier alpha value is -2.46. The molecule has 3 rings (SSSR count). The van der Waals surface area contributed by atoms with E-state index >= 15 is 0 Å². The van der Waals surface area contributed by atoms with Crippen LogP contribution in [-0.4, -0.2) is 24.1 Å². The van der Waals surface area contributed by atoms with Crippen molar-refractivity contribution in [2.75, 3.05) is 13.7 Å². The summed E-state index contributed by atoms with van der Waals surface area (Å²) in [7, 11) is 3.52. The lowest BCUT2D eigenvalue weighted by Gasteiger charge is -2.08. The normalized spacial score (nSPS) is 10.8. The van der Waals surface area contributed by atoms with Gasteiger partial charge in [-0.05, 0) is 42.3 Å². The maximum absolute atomic E-state index is 12.4. The number of aromatic nitrogens is 1. The molecule has 0 fully saturated rings. The summed E-state index contributed by atoms with van der Waals surface area (Å²) in [4.78, 5) is 12.4. The van der Waals surface area contributed by atoms with Gasteiger partial charge in [-0.15, -0.1) is 0 Å². The number of aryl methyl sites for hydroxylation is 1. The van der Waals surface area contributed by atoms with Crippen molar-refractivity contribution in [3.63, 3.8) is 0 Å². The average molecular weight is 343 g/mol. The van der Waals surface area contributed by atoms with Gasteiger partial charge in [0.2, 0.25) is 0 Å². The Morgan fingerprint density at radius 1 is 1.21 bits per heavy atom. The van der Waals surface area contributed by atoms with E-state index in [-0.39, 0.29) is 5.91 Å². The molecule has 1 N–H and O–H groups in total. The number of carbonyl (C=O) groups excluding carboxylic acids is 1. The fourth-order valence-corrected chi connectivity index (χ4v) is 2.93. The van der Waals surface area contributed by atoms with E-state index in [1.54, 1.807) is 7.11 Å². The van der Waals surface area contributed by atoms with Crippen LogP contribution in [0.1, 0.15) is 16.1 Å². The minimum Gasteiger partial charge on any atom is -0.497 e. The van der Waals surface area contributed by atoms with Crippen molar-refractivity contribution in [2.45, 2.75) is 6.42 Å². The molecule has 0 aliphatic heterocycles. The highest BCUT2D eigenvalue weighted by atomic mass is 35.5. The largest absolute Gasteiger partial charge is 0.497 e. The van der Waals surface area contributed by atoms with Crippen molar-refractivity contribution in [3.8, 4) is 5.75 Å². The summed E-state index contributed by atoms with van der Waals surface area (Å²) in [5, 5.41) is 4.63. The van der Waals surface area contributed by atoms with Crippen LogP contribution in [0.15, 0.2) is 48.5 Å². The van der Waals surface area contributed by atoms with Gasteiger partial charge < -0.3 is 14.6 Å². The Balaban J connectivity index is 1.68. The Labute approximate surface area is 146 Å². The van der Waals surface area contributed by atoms with Gasteiger partial charge in [0.25, 0.3) is 5.91 Å². The van der Waals surface area contributed by atoms with Crippen LogP contribution in [0.4, 0.5) is 0 Å². The van der Waals surface area contributed by atoms with Crippen LogP contribution in [0.25, 0.3) is 10.9 Å². The number of amides is 1. The summed E-state index contributed by atoms with van der Waals surface area (Å²) in [6.07, 6.45) is 0.749. The Morgan fingerprint density at radius 3 is 2.83 bits per heavy atom. The molecule has 0 spiro atoms. The van der Waals surface area contributed by atoms with E-state index in [0.717, 1.165) is 28.6 Å². The topological polar surface area (TPSA) is 43.3 Å². The third-order valence-corrected chi connectivity index (χ3v) is 4.31. The SMILES string of the molecule is COc1cccc(CCNC(=O)c2cc3ccc(Cl)cc3n2C)c1. The van der Waals surface area contributed by atoms with E-state index in [9.17, 15) is 4.79 Å². The zero-order valence-corrected chi connectivity index (χ0v) is 14.4. The molecule has 0 bridgehead atoms. The quantitative estimate of drug-likeness (QED) is 0.766. The predicted octanol–water partition coefficient (Wildman–Crippen LogP) is 3.81. The minimum atomic E-state index is -0.0901. The fourth-order valence-electron chi connectivity index (χ4n) is 2.76. The number of methoxy groups -OCH3 is 1. The summed E-state index contributed by atoms with van der Waals surface area (Å²) in [6, 6.07) is 15.3. The molecule has 1 aromatic heterocycles. The van der Waals surface area contributed by atoms with Crippen LogP contribution in [-0.2, 0) is 13.5 Å². The molecule has 0 saturated carbocycles. The second kappa shape index (κ2) is 6.97. The monoisotopic (exact) mass is 342 g/mol. The first-order valence-corrected chi connectivity index (χ1v) is 8.12. The molecule has 0 unspecified atom stereocenters. The van der Waals surface area contributed by atoms with Crippen LogP contribution in [0.3, 0.4) is 0 Å². The zero-order valence-electron chi connectivity index (χ0n) is 13.7. The number of benzene rings is 2. The number of fused-ring (bicyclic) bond motifs is 1. The van der Waals surface area contributed by atoms with Crippen LogP contribution >= 0.6 is 11.6 Å². The van der Waals surface area contributed by atoms with Gasteiger partial charge in [-0.2, -0.15) is 0 Å². The molecule has 0 radical (unpaired) electrons. The Kier molecular flexibility index (Phi) is 4.76. The Bertz CT molecular complexity index is 886. The van der Waals surface area contributed by atoms with Crippen molar-refractivity contribution in [1.29, 1.82) is 0 Å². The minimum absolute atomic E-state index is 0.0901. The van der Waals surface area contributed by atoms with Crippen LogP contribution in [0, 0.1) is 0 Å². The predicted molar refractivity (Wildman–Crippen MR) is 97.0 cm³/mol. The lowest BCUT2D eigenvalue weighted by atomic mass is 10.1. The maximum Gasteiger partial charge on any atom is 0.267 e. The second-order valence-corrected chi connectivity index (χ2v) is 6.09. The van der Waals surface area contributed by atoms with Crippen LogP contribution in [0.5, 0.6) is 5.75 Å². The molecule has 4 nitrogen and oxygen atoms in total. The van der Waals surface area contributed by atoms with Crippen molar-refractivity contribution in [1.82, 2.24) is 9.88 Å². The van der Waals surface area contributed by atoms with Crippen molar-refractivity contribution >= 4 is 28.4 Å². The smallest absolute Gasteiger partial charge is 0.267 e. The highest BCUT2D eigenvalue weighted by Crippen LogP contribution is 2.22. The molecule has 1 heterocycles. The molecule has 124 valence electrons. The molecule has 0 saturated heterocycles. The summed E-state index contributed by atoms with van der Waals surface area (Å²) in [5.41, 5.74) is 2.69. The molecule has 2 aromatic carbocycles. The third-order valence-electron chi connectivity index (χ3n) is 4.07.